The highest BCUT2D eigenvalue weighted by Gasteiger charge is 2.21. The van der Waals surface area contributed by atoms with Gasteiger partial charge in [0.25, 0.3) is 5.91 Å². The Balaban J connectivity index is 1.22. The molecule has 4 heterocycles. The summed E-state index contributed by atoms with van der Waals surface area (Å²) < 4.78 is 2.07. The van der Waals surface area contributed by atoms with Crippen molar-refractivity contribution in [2.75, 3.05) is 25.5 Å². The van der Waals surface area contributed by atoms with Gasteiger partial charge in [-0.15, -0.1) is 11.3 Å². The summed E-state index contributed by atoms with van der Waals surface area (Å²) in [6.07, 6.45) is 7.49. The molecule has 0 aliphatic carbocycles. The molecule has 0 radical (unpaired) electrons. The van der Waals surface area contributed by atoms with Crippen molar-refractivity contribution >= 4 is 28.9 Å². The quantitative estimate of drug-likeness (QED) is 0.324. The molecule has 4 aromatic rings. The number of carbonyl (C=O) groups is 1. The molecule has 1 aliphatic heterocycles. The molecule has 5 rings (SSSR count). The van der Waals surface area contributed by atoms with E-state index in [9.17, 15) is 4.79 Å². The monoisotopic (exact) mass is 544 g/mol. The molecule has 0 saturated carbocycles. The van der Waals surface area contributed by atoms with E-state index in [1.54, 1.807) is 12.5 Å². The first-order valence-electron chi connectivity index (χ1n) is 13.3. The Kier molecular flexibility index (Phi) is 7.76. The van der Waals surface area contributed by atoms with E-state index in [4.69, 9.17) is 5.10 Å². The molecule has 1 aliphatic rings. The van der Waals surface area contributed by atoms with Gasteiger partial charge in [-0.2, -0.15) is 5.10 Å². The molecule has 10 heteroatoms. The van der Waals surface area contributed by atoms with Gasteiger partial charge in [0.2, 0.25) is 0 Å². The average Bonchev–Trinajstić information content (AvgIpc) is 3.59. The molecule has 0 bridgehead atoms. The molecule has 1 aromatic carbocycles. The summed E-state index contributed by atoms with van der Waals surface area (Å²) in [5, 5.41) is 12.0. The van der Waals surface area contributed by atoms with Gasteiger partial charge in [-0.1, -0.05) is 32.9 Å². The summed E-state index contributed by atoms with van der Waals surface area (Å²) in [5.41, 5.74) is 3.87. The van der Waals surface area contributed by atoms with Gasteiger partial charge in [0.15, 0.2) is 5.82 Å². The number of amides is 1. The van der Waals surface area contributed by atoms with Crippen molar-refractivity contribution in [3.63, 3.8) is 0 Å². The maximum Gasteiger partial charge on any atom is 0.263 e. The van der Waals surface area contributed by atoms with Gasteiger partial charge in [-0.05, 0) is 57.1 Å². The zero-order chi connectivity index (χ0) is 27.6. The van der Waals surface area contributed by atoms with Crippen molar-refractivity contribution in [2.45, 2.75) is 58.5 Å². The van der Waals surface area contributed by atoms with Crippen LogP contribution in [0.3, 0.4) is 0 Å². The lowest BCUT2D eigenvalue weighted by atomic mass is 9.98. The molecule has 1 amide bonds. The summed E-state index contributed by atoms with van der Waals surface area (Å²) in [4.78, 5) is 29.0. The minimum Gasteiger partial charge on any atom is -0.347 e. The number of likely N-dealkylation sites (tertiary alicyclic amines) is 1. The molecule has 0 unspecified atom stereocenters. The van der Waals surface area contributed by atoms with Gasteiger partial charge in [-0.25, -0.2) is 15.0 Å². The first-order valence-corrected chi connectivity index (χ1v) is 14.1. The number of carbonyl (C=O) groups excluding carboxylic acids is 1. The topological polar surface area (TPSA) is 101 Å². The van der Waals surface area contributed by atoms with Gasteiger partial charge in [0, 0.05) is 35.9 Å². The standard InChI is InChI=1S/C29H36N8OS/c1-19-14-20(6-7-21(19)16-30-27(38)24-17-31-28(39-24)29(2,3)4)23-15-26(33-18-32-23)34-25-10-13-37(35-25)22-8-11-36(5)12-9-22/h6-7,10,13-15,17-18,22H,8-9,11-12,16H2,1-5H3,(H,30,38)(H,32,33,34,35). The number of hydrogen-bond donors (Lipinski definition) is 2. The lowest BCUT2D eigenvalue weighted by molar-refractivity contribution is 0.0954. The predicted molar refractivity (Wildman–Crippen MR) is 155 cm³/mol. The first kappa shape index (κ1) is 27.0. The van der Waals surface area contributed by atoms with E-state index >= 15 is 0 Å². The minimum atomic E-state index is -0.101. The molecule has 1 saturated heterocycles. The number of benzene rings is 1. The smallest absolute Gasteiger partial charge is 0.263 e. The van der Waals surface area contributed by atoms with E-state index in [0.29, 0.717) is 23.3 Å². The maximum absolute atomic E-state index is 12.7. The predicted octanol–water partition coefficient (Wildman–Crippen LogP) is 5.34. The zero-order valence-corrected chi connectivity index (χ0v) is 24.0. The first-order chi connectivity index (χ1) is 18.7. The third kappa shape index (κ3) is 6.51. The fourth-order valence-corrected chi connectivity index (χ4v) is 5.51. The highest BCUT2D eigenvalue weighted by molar-refractivity contribution is 7.13. The Labute approximate surface area is 233 Å². The largest absolute Gasteiger partial charge is 0.347 e. The lowest BCUT2D eigenvalue weighted by Gasteiger charge is -2.28. The van der Waals surface area contributed by atoms with Crippen LogP contribution in [0.5, 0.6) is 0 Å². The Morgan fingerprint density at radius 2 is 1.87 bits per heavy atom. The van der Waals surface area contributed by atoms with E-state index in [0.717, 1.165) is 59.1 Å². The fourth-order valence-electron chi connectivity index (χ4n) is 4.62. The fraction of sp³-hybridized carbons (Fsp3) is 0.414. The number of nitrogens with zero attached hydrogens (tertiary/aromatic N) is 6. The molecule has 0 atom stereocenters. The summed E-state index contributed by atoms with van der Waals surface area (Å²) in [6.45, 7) is 11.0. The second-order valence-electron chi connectivity index (χ2n) is 11.2. The van der Waals surface area contributed by atoms with Crippen molar-refractivity contribution in [3.05, 3.63) is 70.1 Å². The third-order valence-corrected chi connectivity index (χ3v) is 8.46. The van der Waals surface area contributed by atoms with Crippen molar-refractivity contribution in [2.24, 2.45) is 0 Å². The maximum atomic E-state index is 12.7. The Morgan fingerprint density at radius 1 is 1.08 bits per heavy atom. The molecule has 0 spiro atoms. The third-order valence-electron chi connectivity index (χ3n) is 7.04. The van der Waals surface area contributed by atoms with Crippen LogP contribution >= 0.6 is 11.3 Å². The summed E-state index contributed by atoms with van der Waals surface area (Å²) in [7, 11) is 2.16. The van der Waals surface area contributed by atoms with Crippen molar-refractivity contribution < 1.29 is 4.79 Å². The molecule has 39 heavy (non-hydrogen) atoms. The SMILES string of the molecule is Cc1cc(-c2cc(Nc3ccn(C4CCN(C)CC4)n3)ncn2)ccc1CNC(=O)c1cnc(C(C)(C)C)s1. The molecule has 3 aromatic heterocycles. The molecule has 9 nitrogen and oxygen atoms in total. The van der Waals surface area contributed by atoms with Crippen LogP contribution in [0.2, 0.25) is 0 Å². The molecule has 204 valence electrons. The second-order valence-corrected chi connectivity index (χ2v) is 12.3. The minimum absolute atomic E-state index is 0.0694. The van der Waals surface area contributed by atoms with Crippen LogP contribution < -0.4 is 10.6 Å². The lowest BCUT2D eigenvalue weighted by Crippen LogP contribution is -2.31. The Hall–Kier alpha value is -3.63. The normalized spacial score (nSPS) is 14.9. The molecular weight excluding hydrogens is 508 g/mol. The van der Waals surface area contributed by atoms with Crippen LogP contribution in [0.25, 0.3) is 11.3 Å². The second kappa shape index (κ2) is 11.2. The van der Waals surface area contributed by atoms with Gasteiger partial charge < -0.3 is 15.5 Å². The summed E-state index contributed by atoms with van der Waals surface area (Å²) >= 11 is 1.45. The van der Waals surface area contributed by atoms with Gasteiger partial charge in [0.05, 0.1) is 22.9 Å². The van der Waals surface area contributed by atoms with Gasteiger partial charge >= 0.3 is 0 Å². The number of piperidine rings is 1. The van der Waals surface area contributed by atoms with Crippen LogP contribution in [-0.4, -0.2) is 55.7 Å². The van der Waals surface area contributed by atoms with Gasteiger partial charge in [-0.3, -0.25) is 9.48 Å². The average molecular weight is 545 g/mol. The number of aryl methyl sites for hydroxylation is 1. The number of nitrogens with one attached hydrogen (secondary N) is 2. The van der Waals surface area contributed by atoms with Crippen molar-refractivity contribution in [1.29, 1.82) is 0 Å². The Bertz CT molecular complexity index is 1450. The molecule has 2 N–H and O–H groups in total. The summed E-state index contributed by atoms with van der Waals surface area (Å²) in [5.74, 6) is 1.37. The van der Waals surface area contributed by atoms with E-state index in [-0.39, 0.29) is 11.3 Å². The van der Waals surface area contributed by atoms with E-state index in [2.05, 4.69) is 69.1 Å². The highest BCUT2D eigenvalue weighted by atomic mass is 32.1. The summed E-state index contributed by atoms with van der Waals surface area (Å²) in [6, 6.07) is 10.5. The highest BCUT2D eigenvalue weighted by Crippen LogP contribution is 2.28. The molecular formula is C29H36N8OS. The number of thiazole rings is 1. The van der Waals surface area contributed by atoms with E-state index < -0.39 is 0 Å². The number of anilines is 2. The Morgan fingerprint density at radius 3 is 2.59 bits per heavy atom. The van der Waals surface area contributed by atoms with Crippen LogP contribution in [0, 0.1) is 6.92 Å². The van der Waals surface area contributed by atoms with Crippen LogP contribution in [0.15, 0.2) is 49.1 Å². The zero-order valence-electron chi connectivity index (χ0n) is 23.2. The molecule has 1 fully saturated rings. The van der Waals surface area contributed by atoms with Crippen LogP contribution in [-0.2, 0) is 12.0 Å². The van der Waals surface area contributed by atoms with Crippen molar-refractivity contribution in [1.82, 2.24) is 34.9 Å². The number of hydrogen-bond acceptors (Lipinski definition) is 8. The van der Waals surface area contributed by atoms with E-state index in [1.807, 2.05) is 37.4 Å². The van der Waals surface area contributed by atoms with Crippen LogP contribution in [0.4, 0.5) is 11.6 Å². The van der Waals surface area contributed by atoms with Crippen molar-refractivity contribution in [3.8, 4) is 11.3 Å². The number of aromatic nitrogens is 5. The van der Waals surface area contributed by atoms with Gasteiger partial charge in [0.1, 0.15) is 17.0 Å². The van der Waals surface area contributed by atoms with Crippen LogP contribution in [0.1, 0.15) is 65.5 Å². The number of rotatable bonds is 7. The van der Waals surface area contributed by atoms with E-state index in [1.165, 1.54) is 11.3 Å².